The average molecular weight is 331 g/mol. The first-order valence-corrected chi connectivity index (χ1v) is 8.07. The minimum atomic E-state index is -0.142. The van der Waals surface area contributed by atoms with Gasteiger partial charge in [0.1, 0.15) is 12.4 Å². The van der Waals surface area contributed by atoms with E-state index in [0.29, 0.717) is 52.4 Å². The minimum absolute atomic E-state index is 0.00754. The standard InChI is InChI=1S/C16H29NO6/c1-3-21-13-15(19)5-4-9-22-11-12-23-10-8-17-16(20)7-6-14(2)18/h3-13H2,1-2H3,(H,17,20). The molecule has 0 rings (SSSR count). The van der Waals surface area contributed by atoms with E-state index in [4.69, 9.17) is 14.2 Å². The molecule has 23 heavy (non-hydrogen) atoms. The first kappa shape index (κ1) is 21.7. The van der Waals surface area contributed by atoms with Gasteiger partial charge in [0, 0.05) is 39.0 Å². The number of ether oxygens (including phenoxy) is 3. The molecule has 0 aromatic heterocycles. The van der Waals surface area contributed by atoms with E-state index in [2.05, 4.69) is 5.32 Å². The lowest BCUT2D eigenvalue weighted by molar-refractivity contribution is -0.124. The fourth-order valence-electron chi connectivity index (χ4n) is 1.62. The number of nitrogens with one attached hydrogen (secondary N) is 1. The second kappa shape index (κ2) is 15.6. The largest absolute Gasteiger partial charge is 0.379 e. The Morgan fingerprint density at radius 1 is 0.870 bits per heavy atom. The Bertz CT molecular complexity index is 345. The van der Waals surface area contributed by atoms with Crippen molar-refractivity contribution >= 4 is 17.5 Å². The van der Waals surface area contributed by atoms with E-state index in [9.17, 15) is 14.4 Å². The molecule has 0 spiro atoms. The number of hydrogen-bond acceptors (Lipinski definition) is 6. The van der Waals surface area contributed by atoms with E-state index in [0.717, 1.165) is 0 Å². The van der Waals surface area contributed by atoms with Crippen molar-refractivity contribution in [2.45, 2.75) is 39.5 Å². The van der Waals surface area contributed by atoms with Crippen molar-refractivity contribution in [1.29, 1.82) is 0 Å². The molecule has 134 valence electrons. The minimum Gasteiger partial charge on any atom is -0.379 e. The molecule has 7 heteroatoms. The van der Waals surface area contributed by atoms with E-state index in [-0.39, 0.29) is 36.9 Å². The van der Waals surface area contributed by atoms with Gasteiger partial charge in [-0.05, 0) is 20.3 Å². The third-order valence-corrected chi connectivity index (χ3v) is 2.86. The lowest BCUT2D eigenvalue weighted by Crippen LogP contribution is -2.27. The monoisotopic (exact) mass is 331 g/mol. The molecule has 0 heterocycles. The van der Waals surface area contributed by atoms with Gasteiger partial charge in [0.05, 0.1) is 19.8 Å². The summed E-state index contributed by atoms with van der Waals surface area (Å²) in [6, 6.07) is 0. The maximum Gasteiger partial charge on any atom is 0.220 e. The summed E-state index contributed by atoms with van der Waals surface area (Å²) in [4.78, 5) is 33.3. The van der Waals surface area contributed by atoms with Crippen LogP contribution in [0.4, 0.5) is 0 Å². The highest BCUT2D eigenvalue weighted by atomic mass is 16.5. The molecular weight excluding hydrogens is 302 g/mol. The zero-order valence-corrected chi connectivity index (χ0v) is 14.2. The predicted molar refractivity (Wildman–Crippen MR) is 85.3 cm³/mol. The zero-order chi connectivity index (χ0) is 17.3. The summed E-state index contributed by atoms with van der Waals surface area (Å²) < 4.78 is 15.7. The molecule has 0 radical (unpaired) electrons. The number of ketones is 2. The topological polar surface area (TPSA) is 90.9 Å². The molecule has 0 atom stereocenters. The molecule has 0 aliphatic carbocycles. The van der Waals surface area contributed by atoms with E-state index in [1.165, 1.54) is 6.92 Å². The van der Waals surface area contributed by atoms with Crippen LogP contribution in [0.3, 0.4) is 0 Å². The molecule has 1 amide bonds. The van der Waals surface area contributed by atoms with Gasteiger partial charge in [-0.15, -0.1) is 0 Å². The van der Waals surface area contributed by atoms with Gasteiger partial charge >= 0.3 is 0 Å². The van der Waals surface area contributed by atoms with Crippen LogP contribution in [0.5, 0.6) is 0 Å². The Hall–Kier alpha value is -1.31. The highest BCUT2D eigenvalue weighted by Crippen LogP contribution is 1.93. The lowest BCUT2D eigenvalue weighted by Gasteiger charge is -2.07. The van der Waals surface area contributed by atoms with Gasteiger partial charge < -0.3 is 24.3 Å². The summed E-state index contributed by atoms with van der Waals surface area (Å²) in [5.41, 5.74) is 0. The van der Waals surface area contributed by atoms with E-state index in [1.54, 1.807) is 0 Å². The van der Waals surface area contributed by atoms with Gasteiger partial charge in [-0.25, -0.2) is 0 Å². The quantitative estimate of drug-likeness (QED) is 0.422. The summed E-state index contributed by atoms with van der Waals surface area (Å²) in [5.74, 6) is -0.0443. The molecule has 0 fully saturated rings. The first-order valence-electron chi connectivity index (χ1n) is 8.07. The maximum absolute atomic E-state index is 11.3. The van der Waals surface area contributed by atoms with Crippen LogP contribution in [0.2, 0.25) is 0 Å². The van der Waals surface area contributed by atoms with Crippen LogP contribution in [0.25, 0.3) is 0 Å². The van der Waals surface area contributed by atoms with Crippen molar-refractivity contribution in [2.75, 3.05) is 46.2 Å². The van der Waals surface area contributed by atoms with Crippen LogP contribution < -0.4 is 5.32 Å². The molecule has 0 saturated carbocycles. The van der Waals surface area contributed by atoms with Crippen molar-refractivity contribution in [2.24, 2.45) is 0 Å². The summed E-state index contributed by atoms with van der Waals surface area (Å²) in [7, 11) is 0. The lowest BCUT2D eigenvalue weighted by atomic mass is 10.2. The van der Waals surface area contributed by atoms with Crippen LogP contribution in [-0.4, -0.2) is 63.7 Å². The summed E-state index contributed by atoms with van der Waals surface area (Å²) in [6.45, 7) is 6.29. The molecule has 7 nitrogen and oxygen atoms in total. The average Bonchev–Trinajstić information content (AvgIpc) is 2.52. The number of amides is 1. The van der Waals surface area contributed by atoms with Gasteiger partial charge in [-0.2, -0.15) is 0 Å². The van der Waals surface area contributed by atoms with Gasteiger partial charge in [0.2, 0.25) is 5.91 Å². The molecule has 0 bridgehead atoms. The highest BCUT2D eigenvalue weighted by Gasteiger charge is 2.03. The Balaban J connectivity index is 3.23. The Kier molecular flexibility index (Phi) is 14.7. The van der Waals surface area contributed by atoms with E-state index in [1.807, 2.05) is 6.92 Å². The Morgan fingerprint density at radius 2 is 1.57 bits per heavy atom. The maximum atomic E-state index is 11.3. The van der Waals surface area contributed by atoms with Gasteiger partial charge in [-0.3, -0.25) is 9.59 Å². The molecule has 1 N–H and O–H groups in total. The molecular formula is C16H29NO6. The molecule has 0 unspecified atom stereocenters. The SMILES string of the molecule is CCOCC(=O)CCCOCCOCCNC(=O)CCC(C)=O. The van der Waals surface area contributed by atoms with Crippen molar-refractivity contribution in [1.82, 2.24) is 5.32 Å². The van der Waals surface area contributed by atoms with Crippen molar-refractivity contribution in [3.05, 3.63) is 0 Å². The molecule has 0 aliphatic heterocycles. The number of carbonyl (C=O) groups excluding carboxylic acids is 3. The second-order valence-electron chi connectivity index (χ2n) is 5.06. The molecule has 0 aliphatic rings. The van der Waals surface area contributed by atoms with E-state index >= 15 is 0 Å². The number of carbonyl (C=O) groups is 3. The Morgan fingerprint density at radius 3 is 2.22 bits per heavy atom. The van der Waals surface area contributed by atoms with Crippen LogP contribution in [0.1, 0.15) is 39.5 Å². The Labute approximate surface area is 138 Å². The smallest absolute Gasteiger partial charge is 0.220 e. The van der Waals surface area contributed by atoms with Crippen molar-refractivity contribution < 1.29 is 28.6 Å². The van der Waals surface area contributed by atoms with Gasteiger partial charge in [0.25, 0.3) is 0 Å². The third kappa shape index (κ3) is 16.9. The zero-order valence-electron chi connectivity index (χ0n) is 14.2. The van der Waals surface area contributed by atoms with Crippen molar-refractivity contribution in [3.63, 3.8) is 0 Å². The van der Waals surface area contributed by atoms with Gasteiger partial charge in [-0.1, -0.05) is 0 Å². The van der Waals surface area contributed by atoms with Crippen LogP contribution in [0, 0.1) is 0 Å². The molecule has 0 saturated heterocycles. The van der Waals surface area contributed by atoms with Crippen LogP contribution in [0.15, 0.2) is 0 Å². The predicted octanol–water partition coefficient (Wildman–Crippen LogP) is 0.891. The van der Waals surface area contributed by atoms with E-state index < -0.39 is 0 Å². The fourth-order valence-corrected chi connectivity index (χ4v) is 1.62. The third-order valence-electron chi connectivity index (χ3n) is 2.86. The van der Waals surface area contributed by atoms with Crippen molar-refractivity contribution in [3.8, 4) is 0 Å². The number of Topliss-reactive ketones (excluding diaryl/α,β-unsaturated/α-hetero) is 2. The van der Waals surface area contributed by atoms with Gasteiger partial charge in [0.15, 0.2) is 5.78 Å². The number of rotatable bonds is 16. The summed E-state index contributed by atoms with van der Waals surface area (Å²) >= 11 is 0. The summed E-state index contributed by atoms with van der Waals surface area (Å²) in [5, 5.41) is 2.67. The molecule has 0 aromatic carbocycles. The van der Waals surface area contributed by atoms with Crippen LogP contribution in [-0.2, 0) is 28.6 Å². The second-order valence-corrected chi connectivity index (χ2v) is 5.06. The molecule has 0 aromatic rings. The first-order chi connectivity index (χ1) is 11.1. The normalized spacial score (nSPS) is 10.5. The highest BCUT2D eigenvalue weighted by molar-refractivity contribution is 5.83. The van der Waals surface area contributed by atoms with Crippen LogP contribution >= 0.6 is 0 Å². The summed E-state index contributed by atoms with van der Waals surface area (Å²) in [6.07, 6.45) is 1.64. The fraction of sp³-hybridized carbons (Fsp3) is 0.812. The number of hydrogen-bond donors (Lipinski definition) is 1.